The molecule has 0 N–H and O–H groups in total. The van der Waals surface area contributed by atoms with E-state index in [0.717, 1.165) is 41.2 Å². The Balaban J connectivity index is 1.55. The van der Waals surface area contributed by atoms with Gasteiger partial charge in [-0.15, -0.1) is 5.10 Å². The molecular formula is C22H25N3O2. The van der Waals surface area contributed by atoms with Gasteiger partial charge in [0.25, 0.3) is 0 Å². The van der Waals surface area contributed by atoms with E-state index < -0.39 is 0 Å². The normalized spacial score (nSPS) is 15.6. The molecule has 0 bridgehead atoms. The van der Waals surface area contributed by atoms with Crippen LogP contribution in [-0.2, 0) is 0 Å². The molecule has 0 radical (unpaired) electrons. The van der Waals surface area contributed by atoms with Gasteiger partial charge in [0.05, 0.1) is 25.5 Å². The summed E-state index contributed by atoms with van der Waals surface area (Å²) in [5, 5.41) is 8.64. The van der Waals surface area contributed by atoms with Crippen molar-refractivity contribution in [1.29, 1.82) is 0 Å². The number of methoxy groups -OCH3 is 1. The van der Waals surface area contributed by atoms with Crippen molar-refractivity contribution in [2.75, 3.05) is 7.11 Å². The highest BCUT2D eigenvalue weighted by molar-refractivity contribution is 5.57. The monoisotopic (exact) mass is 363 g/mol. The number of rotatable bonds is 6. The van der Waals surface area contributed by atoms with E-state index in [-0.39, 0.29) is 6.04 Å². The standard InChI is InChI=1S/C22H25N3O2/c1-16(25-15-20(23-24-25)17-8-4-3-5-9-17)18-12-13-21(22(14-18)26-2)27-19-10-6-7-11-19/h3-5,8-9,12-16,19H,6-7,10-11H2,1-2H3. The zero-order valence-corrected chi connectivity index (χ0v) is 15.8. The molecule has 0 saturated heterocycles. The maximum atomic E-state index is 6.14. The van der Waals surface area contributed by atoms with Gasteiger partial charge in [0.2, 0.25) is 0 Å². The number of ether oxygens (including phenoxy) is 2. The van der Waals surface area contributed by atoms with Crippen molar-refractivity contribution in [3.63, 3.8) is 0 Å². The van der Waals surface area contributed by atoms with Crippen LogP contribution in [0.5, 0.6) is 11.5 Å². The molecule has 27 heavy (non-hydrogen) atoms. The minimum Gasteiger partial charge on any atom is -0.493 e. The van der Waals surface area contributed by atoms with Crippen LogP contribution in [0.25, 0.3) is 11.3 Å². The van der Waals surface area contributed by atoms with E-state index in [9.17, 15) is 0 Å². The van der Waals surface area contributed by atoms with E-state index >= 15 is 0 Å². The van der Waals surface area contributed by atoms with Crippen LogP contribution in [0, 0.1) is 0 Å². The molecule has 3 aromatic rings. The minimum absolute atomic E-state index is 0.0457. The second kappa shape index (κ2) is 7.82. The average molecular weight is 363 g/mol. The number of hydrogen-bond donors (Lipinski definition) is 0. The van der Waals surface area contributed by atoms with Crippen molar-refractivity contribution in [3.8, 4) is 22.8 Å². The lowest BCUT2D eigenvalue weighted by atomic mass is 10.1. The van der Waals surface area contributed by atoms with E-state index in [0.29, 0.717) is 6.10 Å². The Hall–Kier alpha value is -2.82. The van der Waals surface area contributed by atoms with Crippen LogP contribution in [0.1, 0.15) is 44.2 Å². The predicted molar refractivity (Wildman–Crippen MR) is 105 cm³/mol. The van der Waals surface area contributed by atoms with Crippen LogP contribution in [0.2, 0.25) is 0 Å². The Kier molecular flexibility index (Phi) is 5.10. The first-order valence-electron chi connectivity index (χ1n) is 9.56. The fourth-order valence-electron chi connectivity index (χ4n) is 3.59. The van der Waals surface area contributed by atoms with Gasteiger partial charge in [-0.1, -0.05) is 41.6 Å². The van der Waals surface area contributed by atoms with Crippen LogP contribution < -0.4 is 9.47 Å². The van der Waals surface area contributed by atoms with Crippen molar-refractivity contribution in [2.45, 2.75) is 44.8 Å². The van der Waals surface area contributed by atoms with Crippen LogP contribution >= 0.6 is 0 Å². The van der Waals surface area contributed by atoms with Gasteiger partial charge >= 0.3 is 0 Å². The first-order valence-corrected chi connectivity index (χ1v) is 9.56. The molecule has 2 aromatic carbocycles. The van der Waals surface area contributed by atoms with Gasteiger partial charge < -0.3 is 9.47 Å². The lowest BCUT2D eigenvalue weighted by Gasteiger charge is -2.18. The summed E-state index contributed by atoms with van der Waals surface area (Å²) in [5.41, 5.74) is 3.04. The maximum Gasteiger partial charge on any atom is 0.161 e. The molecule has 1 aromatic heterocycles. The van der Waals surface area contributed by atoms with E-state index in [4.69, 9.17) is 9.47 Å². The Labute approximate surface area is 159 Å². The van der Waals surface area contributed by atoms with Crippen molar-refractivity contribution in [3.05, 3.63) is 60.3 Å². The molecule has 5 nitrogen and oxygen atoms in total. The minimum atomic E-state index is 0.0457. The molecule has 1 unspecified atom stereocenters. The second-order valence-electron chi connectivity index (χ2n) is 7.06. The maximum absolute atomic E-state index is 6.14. The lowest BCUT2D eigenvalue weighted by molar-refractivity contribution is 0.200. The summed E-state index contributed by atoms with van der Waals surface area (Å²) >= 11 is 0. The van der Waals surface area contributed by atoms with E-state index in [2.05, 4.69) is 23.3 Å². The Morgan fingerprint density at radius 2 is 1.81 bits per heavy atom. The van der Waals surface area contributed by atoms with E-state index in [1.165, 1.54) is 12.8 Å². The molecule has 1 atom stereocenters. The topological polar surface area (TPSA) is 49.2 Å². The molecule has 0 aliphatic heterocycles. The first-order chi connectivity index (χ1) is 13.2. The summed E-state index contributed by atoms with van der Waals surface area (Å²) in [6, 6.07) is 16.3. The number of aromatic nitrogens is 3. The molecule has 4 rings (SSSR count). The fourth-order valence-corrected chi connectivity index (χ4v) is 3.59. The number of hydrogen-bond acceptors (Lipinski definition) is 4. The third-order valence-electron chi connectivity index (χ3n) is 5.24. The molecule has 5 heteroatoms. The molecule has 1 fully saturated rings. The highest BCUT2D eigenvalue weighted by Gasteiger charge is 2.20. The van der Waals surface area contributed by atoms with Crippen molar-refractivity contribution < 1.29 is 9.47 Å². The summed E-state index contributed by atoms with van der Waals surface area (Å²) in [5.74, 6) is 1.60. The fraction of sp³-hybridized carbons (Fsp3) is 0.364. The molecular weight excluding hydrogens is 338 g/mol. The van der Waals surface area contributed by atoms with Crippen LogP contribution in [0.3, 0.4) is 0 Å². The van der Waals surface area contributed by atoms with Crippen LogP contribution in [0.4, 0.5) is 0 Å². The van der Waals surface area contributed by atoms with Crippen molar-refractivity contribution >= 4 is 0 Å². The molecule has 1 aliphatic carbocycles. The van der Waals surface area contributed by atoms with Gasteiger partial charge in [-0.2, -0.15) is 0 Å². The smallest absolute Gasteiger partial charge is 0.161 e. The predicted octanol–water partition coefficient (Wildman–Crippen LogP) is 4.88. The molecule has 1 saturated carbocycles. The average Bonchev–Trinajstić information content (AvgIpc) is 3.40. The largest absolute Gasteiger partial charge is 0.493 e. The zero-order valence-electron chi connectivity index (χ0n) is 15.8. The second-order valence-corrected chi connectivity index (χ2v) is 7.06. The van der Waals surface area contributed by atoms with Crippen LogP contribution in [0.15, 0.2) is 54.7 Å². The summed E-state index contributed by atoms with van der Waals surface area (Å²) in [7, 11) is 1.69. The first kappa shape index (κ1) is 17.6. The van der Waals surface area contributed by atoms with Gasteiger partial charge in [0, 0.05) is 5.56 Å². The van der Waals surface area contributed by atoms with E-state index in [1.807, 2.05) is 53.3 Å². The summed E-state index contributed by atoms with van der Waals surface area (Å²) < 4.78 is 13.6. The Morgan fingerprint density at radius 1 is 1.04 bits per heavy atom. The van der Waals surface area contributed by atoms with Gasteiger partial charge in [-0.05, 0) is 50.3 Å². The number of nitrogens with zero attached hydrogens (tertiary/aromatic N) is 3. The Morgan fingerprint density at radius 3 is 2.56 bits per heavy atom. The third-order valence-corrected chi connectivity index (χ3v) is 5.24. The highest BCUT2D eigenvalue weighted by Crippen LogP contribution is 2.34. The van der Waals surface area contributed by atoms with Crippen LogP contribution in [-0.4, -0.2) is 28.2 Å². The molecule has 140 valence electrons. The van der Waals surface area contributed by atoms with Gasteiger partial charge in [0.15, 0.2) is 11.5 Å². The molecule has 0 amide bonds. The van der Waals surface area contributed by atoms with Gasteiger partial charge in [-0.25, -0.2) is 4.68 Å². The van der Waals surface area contributed by atoms with Gasteiger partial charge in [-0.3, -0.25) is 0 Å². The summed E-state index contributed by atoms with van der Waals surface area (Å²) in [4.78, 5) is 0. The SMILES string of the molecule is COc1cc(C(C)n2cc(-c3ccccc3)nn2)ccc1OC1CCCC1. The molecule has 1 heterocycles. The van der Waals surface area contributed by atoms with Crippen molar-refractivity contribution in [1.82, 2.24) is 15.0 Å². The molecule has 0 spiro atoms. The quantitative estimate of drug-likeness (QED) is 0.626. The summed E-state index contributed by atoms with van der Waals surface area (Å²) in [6.45, 7) is 2.11. The summed E-state index contributed by atoms with van der Waals surface area (Å²) in [6.07, 6.45) is 7.04. The van der Waals surface area contributed by atoms with Gasteiger partial charge in [0.1, 0.15) is 5.69 Å². The zero-order chi connectivity index (χ0) is 18.6. The lowest BCUT2D eigenvalue weighted by Crippen LogP contribution is -2.12. The Bertz CT molecular complexity index is 886. The third kappa shape index (κ3) is 3.82. The number of benzene rings is 2. The highest BCUT2D eigenvalue weighted by atomic mass is 16.5. The molecule has 1 aliphatic rings. The van der Waals surface area contributed by atoms with Crippen molar-refractivity contribution in [2.24, 2.45) is 0 Å². The van der Waals surface area contributed by atoms with E-state index in [1.54, 1.807) is 7.11 Å².